The number of benzene rings is 2. The molecule has 0 bridgehead atoms. The van der Waals surface area contributed by atoms with Gasteiger partial charge >= 0.3 is 0 Å². The van der Waals surface area contributed by atoms with Crippen LogP contribution in [0.1, 0.15) is 45.2 Å². The van der Waals surface area contributed by atoms with E-state index in [0.29, 0.717) is 23.4 Å². The Morgan fingerprint density at radius 3 is 2.35 bits per heavy atom. The molecule has 1 amide bonds. The topological polar surface area (TPSA) is 111 Å². The standard InChI is InChI=1S/C16H22FN3O2S.C16H23N3O/c1-10-6-12(17)8-13(7-10)23(21,22)20-9-14(15(18)19-5)11(2)16(20,3)4;1-4-13-6-7-14(12-15(13)17-16(20)5-2)19-10-8-18(3)9-11-19/h6-8H,9H2,1-5H3,(H2,18,19);4,6-7,12H,1,5,8-11H2,2-3H3,(H,17,20). The van der Waals surface area contributed by atoms with E-state index in [4.69, 9.17) is 5.73 Å². The summed E-state index contributed by atoms with van der Waals surface area (Å²) in [6.07, 6.45) is 2.26. The molecule has 2 aromatic rings. The first-order chi connectivity index (χ1) is 20.1. The first kappa shape index (κ1) is 34.0. The fraction of sp³-hybridized carbons (Fsp3) is 0.438. The van der Waals surface area contributed by atoms with Crippen LogP contribution in [-0.4, -0.2) is 81.7 Å². The first-order valence-electron chi connectivity index (χ1n) is 14.4. The van der Waals surface area contributed by atoms with Crippen LogP contribution in [0.5, 0.6) is 0 Å². The summed E-state index contributed by atoms with van der Waals surface area (Å²) in [5.74, 6) is -0.215. The number of nitrogens with zero attached hydrogens (tertiary/aromatic N) is 4. The van der Waals surface area contributed by atoms with Crippen LogP contribution in [0.15, 0.2) is 64.0 Å². The van der Waals surface area contributed by atoms with Gasteiger partial charge in [0.05, 0.1) is 16.1 Å². The van der Waals surface area contributed by atoms with E-state index in [1.54, 1.807) is 20.0 Å². The highest BCUT2D eigenvalue weighted by atomic mass is 32.2. The molecule has 9 nitrogen and oxygen atoms in total. The second kappa shape index (κ2) is 13.8. The number of hydrogen-bond donors (Lipinski definition) is 2. The Morgan fingerprint density at radius 2 is 1.79 bits per heavy atom. The minimum Gasteiger partial charge on any atom is -0.384 e. The van der Waals surface area contributed by atoms with E-state index in [1.165, 1.54) is 16.4 Å². The molecule has 2 heterocycles. The lowest BCUT2D eigenvalue weighted by atomic mass is 9.95. The molecule has 4 rings (SSSR count). The minimum absolute atomic E-state index is 0.0311. The highest BCUT2D eigenvalue weighted by Gasteiger charge is 2.45. The molecule has 3 N–H and O–H groups in total. The molecular formula is C32H45FN6O3S. The molecule has 0 aliphatic carbocycles. The van der Waals surface area contributed by atoms with E-state index in [0.717, 1.165) is 54.8 Å². The molecule has 0 aromatic heterocycles. The Bertz CT molecular complexity index is 1510. The third kappa shape index (κ3) is 7.70. The average Bonchev–Trinajstić information content (AvgIpc) is 3.21. The van der Waals surface area contributed by atoms with E-state index < -0.39 is 21.4 Å². The summed E-state index contributed by atoms with van der Waals surface area (Å²) in [5.41, 5.74) is 10.2. The number of hydrogen-bond acceptors (Lipinski definition) is 6. The summed E-state index contributed by atoms with van der Waals surface area (Å²) >= 11 is 0. The van der Waals surface area contributed by atoms with Gasteiger partial charge in [0, 0.05) is 57.5 Å². The van der Waals surface area contributed by atoms with Crippen molar-refractivity contribution in [3.05, 3.63) is 71.1 Å². The molecular weight excluding hydrogens is 567 g/mol. The molecule has 43 heavy (non-hydrogen) atoms. The lowest BCUT2D eigenvalue weighted by Gasteiger charge is -2.34. The van der Waals surface area contributed by atoms with Gasteiger partial charge in [-0.05, 0) is 81.8 Å². The number of carbonyl (C=O) groups excluding carboxylic acids is 1. The maximum atomic E-state index is 13.6. The molecule has 0 spiro atoms. The highest BCUT2D eigenvalue weighted by Crippen LogP contribution is 2.38. The molecule has 0 saturated carbocycles. The quantitative estimate of drug-likeness (QED) is 0.348. The van der Waals surface area contributed by atoms with Crippen LogP contribution in [0.25, 0.3) is 6.08 Å². The van der Waals surface area contributed by atoms with Crippen molar-refractivity contribution in [3.8, 4) is 0 Å². The molecule has 2 aliphatic rings. The summed E-state index contributed by atoms with van der Waals surface area (Å²) in [6.45, 7) is 17.1. The number of amidine groups is 1. The van der Waals surface area contributed by atoms with Crippen LogP contribution in [0.4, 0.5) is 15.8 Å². The molecule has 0 atom stereocenters. The SMILES string of the molecule is C=Cc1ccc(N2CCN(C)CC2)cc1NC(=O)CC.CN=C(N)C1=C(C)C(C)(C)N(S(=O)(=O)c2cc(C)cc(F)c2)C1. The monoisotopic (exact) mass is 612 g/mol. The minimum atomic E-state index is -3.86. The number of sulfonamides is 1. The van der Waals surface area contributed by atoms with E-state index in [1.807, 2.05) is 33.8 Å². The van der Waals surface area contributed by atoms with E-state index in [2.05, 4.69) is 45.9 Å². The Labute approximate surface area is 256 Å². The Morgan fingerprint density at radius 1 is 1.14 bits per heavy atom. The lowest BCUT2D eigenvalue weighted by molar-refractivity contribution is -0.115. The van der Waals surface area contributed by atoms with Gasteiger partial charge < -0.3 is 20.9 Å². The Hall–Kier alpha value is -3.54. The van der Waals surface area contributed by atoms with Crippen molar-refractivity contribution in [1.82, 2.24) is 9.21 Å². The number of nitrogens with one attached hydrogen (secondary N) is 1. The van der Waals surface area contributed by atoms with Gasteiger partial charge in [0.1, 0.15) is 11.7 Å². The van der Waals surface area contributed by atoms with Crippen LogP contribution in [-0.2, 0) is 14.8 Å². The number of carbonyl (C=O) groups is 1. The first-order valence-corrected chi connectivity index (χ1v) is 15.8. The zero-order valence-corrected chi connectivity index (χ0v) is 27.2. The number of nitrogens with two attached hydrogens (primary N) is 1. The molecule has 11 heteroatoms. The third-order valence-corrected chi connectivity index (χ3v) is 10.2. The van der Waals surface area contributed by atoms with Gasteiger partial charge in [-0.3, -0.25) is 9.79 Å². The Kier molecular flexibility index (Phi) is 10.9. The number of rotatable bonds is 7. The largest absolute Gasteiger partial charge is 0.384 e. The summed E-state index contributed by atoms with van der Waals surface area (Å²) < 4.78 is 41.0. The number of piperazine rings is 1. The average molecular weight is 613 g/mol. The number of anilines is 2. The summed E-state index contributed by atoms with van der Waals surface area (Å²) in [6, 6.07) is 9.98. The molecule has 0 radical (unpaired) electrons. The van der Waals surface area contributed by atoms with Crippen molar-refractivity contribution in [2.24, 2.45) is 10.7 Å². The Balaban J connectivity index is 0.000000238. The van der Waals surface area contributed by atoms with Crippen LogP contribution >= 0.6 is 0 Å². The third-order valence-electron chi connectivity index (χ3n) is 8.17. The van der Waals surface area contributed by atoms with E-state index >= 15 is 0 Å². The highest BCUT2D eigenvalue weighted by molar-refractivity contribution is 7.89. The number of likely N-dealkylation sites (N-methyl/N-ethyl adjacent to an activating group) is 1. The maximum Gasteiger partial charge on any atom is 0.244 e. The zero-order chi connectivity index (χ0) is 32.1. The predicted molar refractivity (Wildman–Crippen MR) is 175 cm³/mol. The molecule has 2 aliphatic heterocycles. The van der Waals surface area contributed by atoms with E-state index in [-0.39, 0.29) is 17.3 Å². The van der Waals surface area contributed by atoms with Crippen LogP contribution in [0.2, 0.25) is 0 Å². The maximum absolute atomic E-state index is 13.6. The van der Waals surface area contributed by atoms with Crippen molar-refractivity contribution in [3.63, 3.8) is 0 Å². The fourth-order valence-corrected chi connectivity index (χ4v) is 7.01. The second-order valence-corrected chi connectivity index (χ2v) is 13.3. The number of halogens is 1. The van der Waals surface area contributed by atoms with Gasteiger partial charge in [-0.15, -0.1) is 0 Å². The van der Waals surface area contributed by atoms with Crippen molar-refractivity contribution in [2.75, 3.05) is 57.0 Å². The normalized spacial score (nSPS) is 17.9. The van der Waals surface area contributed by atoms with Gasteiger partial charge in [0.15, 0.2) is 0 Å². The zero-order valence-electron chi connectivity index (χ0n) is 26.4. The van der Waals surface area contributed by atoms with Crippen molar-refractivity contribution < 1.29 is 17.6 Å². The summed E-state index contributed by atoms with van der Waals surface area (Å²) in [7, 11) is -0.149. The van der Waals surface area contributed by atoms with Crippen molar-refractivity contribution in [1.29, 1.82) is 0 Å². The van der Waals surface area contributed by atoms with Crippen LogP contribution < -0.4 is 16.0 Å². The molecule has 234 valence electrons. The van der Waals surface area contributed by atoms with E-state index in [9.17, 15) is 17.6 Å². The van der Waals surface area contributed by atoms with Crippen LogP contribution in [0, 0.1) is 12.7 Å². The van der Waals surface area contributed by atoms with Crippen LogP contribution in [0.3, 0.4) is 0 Å². The molecule has 1 saturated heterocycles. The van der Waals surface area contributed by atoms with Gasteiger partial charge in [0.25, 0.3) is 0 Å². The van der Waals surface area contributed by atoms with Crippen molar-refractivity contribution >= 4 is 39.2 Å². The molecule has 0 unspecified atom stereocenters. The summed E-state index contributed by atoms with van der Waals surface area (Å²) in [5, 5.41) is 2.95. The predicted octanol–water partition coefficient (Wildman–Crippen LogP) is 4.65. The fourth-order valence-electron chi connectivity index (χ4n) is 5.12. The second-order valence-electron chi connectivity index (χ2n) is 11.4. The smallest absolute Gasteiger partial charge is 0.244 e. The van der Waals surface area contributed by atoms with Gasteiger partial charge in [-0.2, -0.15) is 4.31 Å². The van der Waals surface area contributed by atoms with Gasteiger partial charge in [0.2, 0.25) is 15.9 Å². The molecule has 1 fully saturated rings. The van der Waals surface area contributed by atoms with Gasteiger partial charge in [-0.25, -0.2) is 12.8 Å². The summed E-state index contributed by atoms with van der Waals surface area (Å²) in [4.78, 5) is 20.2. The number of amides is 1. The lowest BCUT2D eigenvalue weighted by Crippen LogP contribution is -2.44. The van der Waals surface area contributed by atoms with Crippen molar-refractivity contribution in [2.45, 2.75) is 51.5 Å². The van der Waals surface area contributed by atoms with Gasteiger partial charge in [-0.1, -0.05) is 25.6 Å². The number of aliphatic imine (C=N–C) groups is 1. The molecule has 2 aromatic carbocycles. The number of aryl methyl sites for hydroxylation is 1.